The van der Waals surface area contributed by atoms with E-state index in [1.54, 1.807) is 6.07 Å². The molecule has 0 unspecified atom stereocenters. The molecule has 0 heterocycles. The number of thiocarbonyl (C=S) groups is 1. The van der Waals surface area contributed by atoms with Crippen LogP contribution in [0, 0.1) is 5.82 Å². The van der Waals surface area contributed by atoms with Crippen molar-refractivity contribution in [1.29, 1.82) is 0 Å². The summed E-state index contributed by atoms with van der Waals surface area (Å²) in [5.41, 5.74) is 5.70. The van der Waals surface area contributed by atoms with Gasteiger partial charge in [0, 0.05) is 0 Å². The Kier molecular flexibility index (Phi) is 6.06. The average molecular weight is 361 g/mol. The van der Waals surface area contributed by atoms with Gasteiger partial charge < -0.3 is 0 Å². The average Bonchev–Trinajstić information content (AvgIpc) is 2.69. The maximum atomic E-state index is 14.0. The van der Waals surface area contributed by atoms with E-state index in [1.165, 1.54) is 30.0 Å². The summed E-state index contributed by atoms with van der Waals surface area (Å²) < 4.78 is 14.0. The van der Waals surface area contributed by atoms with Gasteiger partial charge in [-0.1, -0.05) is 67.9 Å². The van der Waals surface area contributed by atoms with E-state index in [0.717, 1.165) is 23.1 Å². The summed E-state index contributed by atoms with van der Waals surface area (Å²) in [7, 11) is 0. The molecule has 0 bridgehead atoms. The second-order valence-corrected chi connectivity index (χ2v) is 6.43. The van der Waals surface area contributed by atoms with Crippen LogP contribution >= 0.6 is 12.2 Å². The molecular formula is C23H20FNS. The minimum atomic E-state index is -0.397. The number of unbranched alkanes of at least 4 members (excludes halogenated alkanes) is 1. The largest absolute Gasteiger partial charge is 0.205 e. The number of isothiocyanates is 1. The van der Waals surface area contributed by atoms with Crippen molar-refractivity contribution in [1.82, 2.24) is 0 Å². The first kappa shape index (κ1) is 18.2. The third-order valence-electron chi connectivity index (χ3n) is 4.44. The minimum absolute atomic E-state index is 0.212. The number of benzene rings is 3. The molecular weight excluding hydrogens is 341 g/mol. The van der Waals surface area contributed by atoms with Crippen LogP contribution in [-0.2, 0) is 6.42 Å². The monoisotopic (exact) mass is 361 g/mol. The van der Waals surface area contributed by atoms with Gasteiger partial charge in [-0.05, 0) is 65.0 Å². The quantitative estimate of drug-likeness (QED) is 0.333. The normalized spacial score (nSPS) is 10.4. The van der Waals surface area contributed by atoms with Crippen LogP contribution in [0.3, 0.4) is 0 Å². The molecule has 3 heteroatoms. The number of aliphatic imine (C=N–C) groups is 1. The summed E-state index contributed by atoms with van der Waals surface area (Å²) in [6, 6.07) is 21.8. The Balaban J connectivity index is 1.80. The van der Waals surface area contributed by atoms with E-state index >= 15 is 0 Å². The molecule has 0 saturated heterocycles. The van der Waals surface area contributed by atoms with Crippen LogP contribution in [0.2, 0.25) is 0 Å². The van der Waals surface area contributed by atoms with Crippen molar-refractivity contribution in [2.75, 3.05) is 0 Å². The van der Waals surface area contributed by atoms with Crippen LogP contribution in [0.15, 0.2) is 71.7 Å². The SMILES string of the molecule is CCCCc1ccc(-c2ccc(-c3ccc(N=C=S)c(F)c3)cc2)cc1. The van der Waals surface area contributed by atoms with Crippen LogP contribution in [0.25, 0.3) is 22.3 Å². The number of nitrogens with zero attached hydrogens (tertiary/aromatic N) is 1. The highest BCUT2D eigenvalue weighted by Gasteiger charge is 2.05. The maximum Gasteiger partial charge on any atom is 0.150 e. The van der Waals surface area contributed by atoms with E-state index in [0.29, 0.717) is 0 Å². The predicted molar refractivity (Wildman–Crippen MR) is 111 cm³/mol. The molecule has 0 aliphatic heterocycles. The highest BCUT2D eigenvalue weighted by Crippen LogP contribution is 2.28. The fourth-order valence-corrected chi connectivity index (χ4v) is 3.02. The second-order valence-electron chi connectivity index (χ2n) is 6.25. The van der Waals surface area contributed by atoms with Crippen LogP contribution in [0.5, 0.6) is 0 Å². The molecule has 3 rings (SSSR count). The fraction of sp³-hybridized carbons (Fsp3) is 0.174. The number of aryl methyl sites for hydroxylation is 1. The van der Waals surface area contributed by atoms with E-state index in [2.05, 4.69) is 65.7 Å². The van der Waals surface area contributed by atoms with Crippen molar-refractivity contribution in [3.8, 4) is 22.3 Å². The van der Waals surface area contributed by atoms with E-state index in [-0.39, 0.29) is 5.69 Å². The Morgan fingerprint density at radius 3 is 1.92 bits per heavy atom. The van der Waals surface area contributed by atoms with Gasteiger partial charge in [-0.3, -0.25) is 0 Å². The number of rotatable bonds is 6. The first-order valence-electron chi connectivity index (χ1n) is 8.78. The van der Waals surface area contributed by atoms with E-state index in [1.807, 2.05) is 18.2 Å². The summed E-state index contributed by atoms with van der Waals surface area (Å²) in [6.45, 7) is 2.21. The van der Waals surface area contributed by atoms with Gasteiger partial charge in [-0.15, -0.1) is 0 Å². The molecule has 0 atom stereocenters. The Hall–Kier alpha value is -2.61. The van der Waals surface area contributed by atoms with Gasteiger partial charge in [-0.25, -0.2) is 4.39 Å². The number of hydrogen-bond donors (Lipinski definition) is 0. The Labute approximate surface area is 159 Å². The standard InChI is InChI=1S/C23H20FNS/c1-2-3-4-17-5-7-18(8-6-17)19-9-11-20(12-10-19)21-13-14-23(25-16-26)22(24)15-21/h5-15H,2-4H2,1H3. The van der Waals surface area contributed by atoms with Crippen LogP contribution in [0.4, 0.5) is 10.1 Å². The van der Waals surface area contributed by atoms with Gasteiger partial charge in [0.25, 0.3) is 0 Å². The maximum absolute atomic E-state index is 14.0. The zero-order valence-corrected chi connectivity index (χ0v) is 15.5. The summed E-state index contributed by atoms with van der Waals surface area (Å²) in [6.07, 6.45) is 3.56. The van der Waals surface area contributed by atoms with Crippen molar-refractivity contribution >= 4 is 23.1 Å². The number of halogens is 1. The van der Waals surface area contributed by atoms with Crippen LogP contribution < -0.4 is 0 Å². The lowest BCUT2D eigenvalue weighted by Gasteiger charge is -2.07. The zero-order valence-electron chi connectivity index (χ0n) is 14.7. The van der Waals surface area contributed by atoms with Gasteiger partial charge in [0.15, 0.2) is 0 Å². The topological polar surface area (TPSA) is 12.4 Å². The Bertz CT molecular complexity index is 923. The molecule has 0 amide bonds. The molecule has 0 N–H and O–H groups in total. The molecule has 0 aliphatic carbocycles. The lowest BCUT2D eigenvalue weighted by atomic mass is 9.98. The molecule has 0 fully saturated rings. The van der Waals surface area contributed by atoms with E-state index < -0.39 is 5.82 Å². The summed E-state index contributed by atoms with van der Waals surface area (Å²) >= 11 is 4.53. The number of hydrogen-bond acceptors (Lipinski definition) is 2. The molecule has 0 aromatic heterocycles. The second kappa shape index (κ2) is 8.66. The third kappa shape index (κ3) is 4.32. The Morgan fingerprint density at radius 1 is 0.846 bits per heavy atom. The van der Waals surface area contributed by atoms with Crippen molar-refractivity contribution in [2.45, 2.75) is 26.2 Å². The fourth-order valence-electron chi connectivity index (χ4n) is 2.93. The van der Waals surface area contributed by atoms with E-state index in [9.17, 15) is 4.39 Å². The molecule has 0 radical (unpaired) electrons. The van der Waals surface area contributed by atoms with Crippen LogP contribution in [-0.4, -0.2) is 5.16 Å². The zero-order chi connectivity index (χ0) is 18.4. The molecule has 1 nitrogen and oxygen atoms in total. The first-order chi connectivity index (χ1) is 12.7. The first-order valence-corrected chi connectivity index (χ1v) is 9.19. The van der Waals surface area contributed by atoms with Crippen LogP contribution in [0.1, 0.15) is 25.3 Å². The highest BCUT2D eigenvalue weighted by molar-refractivity contribution is 7.78. The molecule has 0 saturated carbocycles. The molecule has 0 aliphatic rings. The molecule has 26 heavy (non-hydrogen) atoms. The van der Waals surface area contributed by atoms with Crippen molar-refractivity contribution in [2.24, 2.45) is 4.99 Å². The van der Waals surface area contributed by atoms with Crippen molar-refractivity contribution in [3.63, 3.8) is 0 Å². The van der Waals surface area contributed by atoms with Crippen molar-refractivity contribution in [3.05, 3.63) is 78.1 Å². The summed E-state index contributed by atoms with van der Waals surface area (Å²) in [4.78, 5) is 3.71. The smallest absolute Gasteiger partial charge is 0.150 e. The van der Waals surface area contributed by atoms with Gasteiger partial charge in [-0.2, -0.15) is 4.99 Å². The lowest BCUT2D eigenvalue weighted by Crippen LogP contribution is -1.86. The third-order valence-corrected chi connectivity index (χ3v) is 4.53. The van der Waals surface area contributed by atoms with Gasteiger partial charge >= 0.3 is 0 Å². The summed E-state index contributed by atoms with van der Waals surface area (Å²) in [5, 5.41) is 2.19. The lowest BCUT2D eigenvalue weighted by molar-refractivity contribution is 0.630. The highest BCUT2D eigenvalue weighted by atomic mass is 32.1. The summed E-state index contributed by atoms with van der Waals surface area (Å²) in [5.74, 6) is -0.397. The van der Waals surface area contributed by atoms with E-state index in [4.69, 9.17) is 0 Å². The van der Waals surface area contributed by atoms with Crippen molar-refractivity contribution < 1.29 is 4.39 Å². The molecule has 0 spiro atoms. The van der Waals surface area contributed by atoms with Gasteiger partial charge in [0.1, 0.15) is 11.5 Å². The minimum Gasteiger partial charge on any atom is -0.205 e. The Morgan fingerprint density at radius 2 is 1.38 bits per heavy atom. The molecule has 130 valence electrons. The van der Waals surface area contributed by atoms with Gasteiger partial charge in [0.2, 0.25) is 0 Å². The molecule has 3 aromatic carbocycles. The molecule has 3 aromatic rings. The van der Waals surface area contributed by atoms with Gasteiger partial charge in [0.05, 0.1) is 5.16 Å². The predicted octanol–water partition coefficient (Wildman–Crippen LogP) is 7.24.